The molecule has 0 aliphatic carbocycles. The van der Waals surface area contributed by atoms with Crippen LogP contribution in [0.2, 0.25) is 0 Å². The van der Waals surface area contributed by atoms with Gasteiger partial charge in [-0.15, -0.1) is 0 Å². The fourth-order valence-corrected chi connectivity index (χ4v) is 0. The summed E-state index contributed by atoms with van der Waals surface area (Å²) in [5, 5.41) is 0. The van der Waals surface area contributed by atoms with E-state index < -0.39 is 0 Å². The molecule has 0 N–H and O–H groups in total. The summed E-state index contributed by atoms with van der Waals surface area (Å²) < 4.78 is 0. The van der Waals surface area contributed by atoms with Gasteiger partial charge in [-0.3, -0.25) is 0 Å². The van der Waals surface area contributed by atoms with Crippen LogP contribution in [0.3, 0.4) is 0 Å². The van der Waals surface area contributed by atoms with Gasteiger partial charge in [0.15, 0.2) is 0 Å². The third-order valence-corrected chi connectivity index (χ3v) is 0. The monoisotopic (exact) mass is 199 g/mol. The average molecular weight is 199 g/mol. The van der Waals surface area contributed by atoms with E-state index >= 15 is 0 Å². The molecule has 0 aromatic rings. The van der Waals surface area contributed by atoms with Crippen LogP contribution in [0.4, 0.5) is 0 Å². The minimum atomic E-state index is 0. The molecule has 0 unspecified atom stereocenters. The number of rotatable bonds is 0. The van der Waals surface area contributed by atoms with Crippen LogP contribution in [0.5, 0.6) is 0 Å². The Kier molecular flexibility index (Phi) is 94.5. The molecule has 0 rings (SSSR count). The predicted molar refractivity (Wildman–Crippen MR) is 58.5 cm³/mol. The van der Waals surface area contributed by atoms with Crippen LogP contribution >= 0.6 is 0 Å². The van der Waals surface area contributed by atoms with Gasteiger partial charge in [0, 0.05) is 0 Å². The zero-order valence-corrected chi connectivity index (χ0v) is 14.0. The van der Waals surface area contributed by atoms with E-state index in [1.165, 1.54) is 6.42 Å². The van der Waals surface area contributed by atoms with Crippen molar-refractivity contribution in [3.05, 3.63) is 13.8 Å². The first-order chi connectivity index (χ1) is 4.56. The Morgan fingerprint density at radius 1 is 1.00 bits per heavy atom. The molecule has 12 heavy (non-hydrogen) atoms. The van der Waals surface area contributed by atoms with Gasteiger partial charge in [-0.25, -0.2) is 0 Å². The molecule has 74 valence electrons. The molecular formula is C11H28K-. The molecule has 0 nitrogen and oxygen atoms in total. The van der Waals surface area contributed by atoms with E-state index in [1.807, 2.05) is 20.3 Å². The summed E-state index contributed by atoms with van der Waals surface area (Å²) in [5.74, 6) is 0.833. The van der Waals surface area contributed by atoms with Crippen LogP contribution < -0.4 is 51.4 Å². The van der Waals surface area contributed by atoms with Gasteiger partial charge in [-0.05, 0) is 5.92 Å². The smallest absolute Gasteiger partial charge is 0.358 e. The third kappa shape index (κ3) is 492. The van der Waals surface area contributed by atoms with E-state index in [1.54, 1.807) is 0 Å². The Morgan fingerprint density at radius 2 is 1.00 bits per heavy atom. The quantitative estimate of drug-likeness (QED) is 0.412. The van der Waals surface area contributed by atoms with E-state index in [0.29, 0.717) is 0 Å². The topological polar surface area (TPSA) is 0 Å². The first kappa shape index (κ1) is 29.2. The first-order valence-electron chi connectivity index (χ1n) is 4.30. The van der Waals surface area contributed by atoms with Crippen LogP contribution in [0.15, 0.2) is 0 Å². The number of hydrogen-bond donors (Lipinski definition) is 0. The number of hydrogen-bond acceptors (Lipinski definition) is 0. The maximum Gasteiger partial charge on any atom is 1.00 e. The van der Waals surface area contributed by atoms with Gasteiger partial charge in [0.1, 0.15) is 0 Å². The van der Waals surface area contributed by atoms with Crippen LogP contribution in [-0.4, -0.2) is 0 Å². The van der Waals surface area contributed by atoms with Crippen LogP contribution in [0.1, 0.15) is 54.9 Å². The second-order valence-corrected chi connectivity index (χ2v) is 3.02. The molecule has 0 fully saturated rings. The molecule has 0 heterocycles. The summed E-state index contributed by atoms with van der Waals surface area (Å²) in [5.41, 5.74) is 0. The molecular weight excluding hydrogens is 171 g/mol. The van der Waals surface area contributed by atoms with Crippen LogP contribution in [-0.2, 0) is 0 Å². The first-order valence-corrected chi connectivity index (χ1v) is 4.30. The van der Waals surface area contributed by atoms with Gasteiger partial charge in [0.25, 0.3) is 0 Å². The van der Waals surface area contributed by atoms with Crippen molar-refractivity contribution >= 4 is 0 Å². The molecule has 1 heteroatoms. The summed E-state index contributed by atoms with van der Waals surface area (Å²) in [7, 11) is 0. The van der Waals surface area contributed by atoms with Gasteiger partial charge >= 0.3 is 51.4 Å². The van der Waals surface area contributed by atoms with Crippen molar-refractivity contribution in [3.63, 3.8) is 0 Å². The van der Waals surface area contributed by atoms with Gasteiger partial charge in [-0.2, -0.15) is 13.8 Å². The molecule has 0 atom stereocenters. The third-order valence-electron chi connectivity index (χ3n) is 0. The van der Waals surface area contributed by atoms with E-state index in [2.05, 4.69) is 34.6 Å². The van der Waals surface area contributed by atoms with Gasteiger partial charge in [-0.1, -0.05) is 41.0 Å². The van der Waals surface area contributed by atoms with Gasteiger partial charge in [0.05, 0.1) is 0 Å². The van der Waals surface area contributed by atoms with E-state index in [4.69, 9.17) is 0 Å². The fourth-order valence-electron chi connectivity index (χ4n) is 0. The van der Waals surface area contributed by atoms with Gasteiger partial charge < -0.3 is 13.8 Å². The molecule has 0 saturated heterocycles. The zero-order chi connectivity index (χ0) is 8.99. The maximum absolute atomic E-state index is 2.17. The van der Waals surface area contributed by atoms with Gasteiger partial charge in [0.2, 0.25) is 0 Å². The summed E-state index contributed by atoms with van der Waals surface area (Å²) >= 11 is 0. The summed E-state index contributed by atoms with van der Waals surface area (Å²) in [6.45, 7) is 14.8. The summed E-state index contributed by atoms with van der Waals surface area (Å²) in [6, 6.07) is 0. The molecule has 0 aromatic heterocycles. The predicted octanol–water partition coefficient (Wildman–Crippen LogP) is 1.76. The molecule has 0 amide bonds. The largest absolute Gasteiger partial charge is 1.00 e. The maximum atomic E-state index is 2.17. The molecule has 0 spiro atoms. The Morgan fingerprint density at radius 3 is 1.00 bits per heavy atom. The standard InChI is InChI=1S/C4H10.C3H8.C3H7.CH3.K/c1-4(2)3;2*1-3-2;;/h4H,1-3H3;3H2,1-2H3;3H,1-2H3;1H3;/q;;2*-1;+1. The second-order valence-electron chi connectivity index (χ2n) is 3.02. The normalized spacial score (nSPS) is 6.00. The Labute approximate surface area is 124 Å². The van der Waals surface area contributed by atoms with Crippen molar-refractivity contribution in [2.45, 2.75) is 54.9 Å². The average Bonchev–Trinajstić information content (AvgIpc) is 1.65. The van der Waals surface area contributed by atoms with Crippen molar-refractivity contribution < 1.29 is 51.4 Å². The molecule has 0 aromatic carbocycles. The second kappa shape index (κ2) is 38.9. The van der Waals surface area contributed by atoms with Crippen molar-refractivity contribution in [2.24, 2.45) is 5.92 Å². The van der Waals surface area contributed by atoms with Crippen molar-refractivity contribution in [1.82, 2.24) is 0 Å². The van der Waals surface area contributed by atoms with E-state index in [9.17, 15) is 0 Å². The SMILES string of the molecule is CC(C)C.CCC.C[CH-]C.[CH3-].[K+]. The molecule has 0 saturated carbocycles. The Hall–Kier alpha value is 1.64. The minimum absolute atomic E-state index is 0. The van der Waals surface area contributed by atoms with Crippen molar-refractivity contribution in [3.8, 4) is 0 Å². The molecule has 0 aliphatic rings. The summed E-state index contributed by atoms with van der Waals surface area (Å²) in [6.07, 6.45) is 3.25. The summed E-state index contributed by atoms with van der Waals surface area (Å²) in [4.78, 5) is 0. The van der Waals surface area contributed by atoms with Crippen molar-refractivity contribution in [1.29, 1.82) is 0 Å². The molecule has 0 aliphatic heterocycles. The van der Waals surface area contributed by atoms with E-state index in [-0.39, 0.29) is 58.8 Å². The molecule has 0 radical (unpaired) electrons. The fraction of sp³-hybridized carbons (Fsp3) is 0.818. The Bertz CT molecular complexity index is 21.4. The van der Waals surface area contributed by atoms with Crippen molar-refractivity contribution in [2.75, 3.05) is 0 Å². The van der Waals surface area contributed by atoms with E-state index in [0.717, 1.165) is 5.92 Å². The minimum Gasteiger partial charge on any atom is -0.358 e. The molecule has 0 bridgehead atoms. The Balaban J connectivity index is -0.0000000191. The van der Waals surface area contributed by atoms with Crippen LogP contribution in [0, 0.1) is 19.8 Å². The zero-order valence-electron chi connectivity index (χ0n) is 10.9. The van der Waals surface area contributed by atoms with Crippen LogP contribution in [0.25, 0.3) is 0 Å².